The highest BCUT2D eigenvalue weighted by molar-refractivity contribution is 6.07. The lowest BCUT2D eigenvalue weighted by molar-refractivity contribution is 0.0956. The number of aromatic amines is 1. The summed E-state index contributed by atoms with van der Waals surface area (Å²) in [4.78, 5) is 15.5. The van der Waals surface area contributed by atoms with Gasteiger partial charge < -0.3 is 4.98 Å². The van der Waals surface area contributed by atoms with E-state index in [1.807, 2.05) is 24.3 Å². The van der Waals surface area contributed by atoms with Crippen LogP contribution in [0.4, 0.5) is 0 Å². The van der Waals surface area contributed by atoms with Gasteiger partial charge in [-0.25, -0.2) is 5.43 Å². The van der Waals surface area contributed by atoms with E-state index in [0.717, 1.165) is 28.5 Å². The van der Waals surface area contributed by atoms with Gasteiger partial charge in [-0.2, -0.15) is 5.10 Å². The van der Waals surface area contributed by atoms with Gasteiger partial charge in [0, 0.05) is 28.7 Å². The first-order valence-corrected chi connectivity index (χ1v) is 8.13. The number of rotatable bonds is 3. The molecule has 4 nitrogen and oxygen atoms in total. The SMILES string of the molecule is C/C(=N/NC(=O)c1c[nH]c2ccccc12)[C@@H]1C[C@H]2CC[C@H]1C2. The van der Waals surface area contributed by atoms with Gasteiger partial charge in [0.1, 0.15) is 0 Å². The summed E-state index contributed by atoms with van der Waals surface area (Å²) in [5, 5.41) is 5.33. The molecule has 1 heterocycles. The lowest BCUT2D eigenvalue weighted by Crippen LogP contribution is -2.24. The van der Waals surface area contributed by atoms with E-state index in [4.69, 9.17) is 0 Å². The van der Waals surface area contributed by atoms with Crippen LogP contribution in [-0.2, 0) is 0 Å². The second-order valence-electron chi connectivity index (χ2n) is 6.72. The summed E-state index contributed by atoms with van der Waals surface area (Å²) in [6, 6.07) is 7.82. The largest absolute Gasteiger partial charge is 0.360 e. The lowest BCUT2D eigenvalue weighted by Gasteiger charge is -2.21. The Labute approximate surface area is 130 Å². The van der Waals surface area contributed by atoms with Crippen LogP contribution in [0, 0.1) is 17.8 Å². The Bertz CT molecular complexity index is 746. The van der Waals surface area contributed by atoms with Crippen LogP contribution in [0.5, 0.6) is 0 Å². The van der Waals surface area contributed by atoms with E-state index in [-0.39, 0.29) is 5.91 Å². The zero-order valence-electron chi connectivity index (χ0n) is 12.8. The number of amides is 1. The summed E-state index contributed by atoms with van der Waals surface area (Å²) in [5.41, 5.74) is 5.45. The van der Waals surface area contributed by atoms with Crippen molar-refractivity contribution in [3.05, 3.63) is 36.0 Å². The van der Waals surface area contributed by atoms with Crippen molar-refractivity contribution in [2.45, 2.75) is 32.6 Å². The van der Waals surface area contributed by atoms with Gasteiger partial charge in [0.25, 0.3) is 5.91 Å². The molecule has 2 aliphatic carbocycles. The zero-order valence-corrected chi connectivity index (χ0v) is 12.8. The number of fused-ring (bicyclic) bond motifs is 3. The molecule has 2 aliphatic rings. The Morgan fingerprint density at radius 3 is 2.91 bits per heavy atom. The third kappa shape index (κ3) is 2.23. The number of para-hydroxylation sites is 1. The smallest absolute Gasteiger partial charge is 0.273 e. The minimum Gasteiger partial charge on any atom is -0.360 e. The molecule has 114 valence electrons. The molecule has 0 radical (unpaired) electrons. The van der Waals surface area contributed by atoms with Crippen molar-refractivity contribution in [2.24, 2.45) is 22.9 Å². The second-order valence-corrected chi connectivity index (χ2v) is 6.72. The normalized spacial score (nSPS) is 27.5. The highest BCUT2D eigenvalue weighted by Gasteiger charge is 2.40. The van der Waals surface area contributed by atoms with Crippen molar-refractivity contribution in [2.75, 3.05) is 0 Å². The van der Waals surface area contributed by atoms with Crippen LogP contribution in [0.1, 0.15) is 43.0 Å². The van der Waals surface area contributed by atoms with Crippen molar-refractivity contribution in [3.63, 3.8) is 0 Å². The van der Waals surface area contributed by atoms with E-state index in [1.165, 1.54) is 25.7 Å². The quantitative estimate of drug-likeness (QED) is 0.658. The summed E-state index contributed by atoms with van der Waals surface area (Å²) in [6.07, 6.45) is 7.08. The molecule has 0 aliphatic heterocycles. The van der Waals surface area contributed by atoms with Gasteiger partial charge in [-0.1, -0.05) is 24.6 Å². The number of carbonyl (C=O) groups is 1. The van der Waals surface area contributed by atoms with E-state index in [1.54, 1.807) is 6.20 Å². The van der Waals surface area contributed by atoms with Gasteiger partial charge in [0.05, 0.1) is 5.56 Å². The third-order valence-corrected chi connectivity index (χ3v) is 5.44. The average Bonchev–Trinajstić information content (AvgIpc) is 3.26. The van der Waals surface area contributed by atoms with E-state index >= 15 is 0 Å². The molecule has 2 fully saturated rings. The fourth-order valence-electron chi connectivity index (χ4n) is 4.30. The highest BCUT2D eigenvalue weighted by Crippen LogP contribution is 2.48. The zero-order chi connectivity index (χ0) is 15.1. The first-order chi connectivity index (χ1) is 10.7. The Morgan fingerprint density at radius 1 is 1.27 bits per heavy atom. The first kappa shape index (κ1) is 13.6. The Kier molecular flexibility index (Phi) is 3.25. The van der Waals surface area contributed by atoms with E-state index in [0.29, 0.717) is 11.5 Å². The molecule has 3 atom stereocenters. The summed E-state index contributed by atoms with van der Waals surface area (Å²) < 4.78 is 0. The molecule has 2 N–H and O–H groups in total. The standard InChI is InChI=1S/C18H21N3O/c1-11(15-9-12-6-7-13(15)8-12)20-21-18(22)16-10-19-17-5-3-2-4-14(16)17/h2-5,10,12-13,15,19H,6-9H2,1H3,(H,21,22)/b20-11-/t12-,13-,15-/m0/s1. The number of benzene rings is 1. The third-order valence-electron chi connectivity index (χ3n) is 5.44. The minimum atomic E-state index is -0.139. The van der Waals surface area contributed by atoms with Crippen molar-refractivity contribution in [1.82, 2.24) is 10.4 Å². The highest BCUT2D eigenvalue weighted by atomic mass is 16.2. The maximum atomic E-state index is 12.4. The number of carbonyl (C=O) groups excluding carboxylic acids is 1. The van der Waals surface area contributed by atoms with Crippen molar-refractivity contribution < 1.29 is 4.79 Å². The molecule has 4 heteroatoms. The van der Waals surface area contributed by atoms with Crippen LogP contribution in [0.15, 0.2) is 35.6 Å². The van der Waals surface area contributed by atoms with Gasteiger partial charge in [0.2, 0.25) is 0 Å². The molecule has 0 saturated heterocycles. The molecular weight excluding hydrogens is 274 g/mol. The summed E-state index contributed by atoms with van der Waals surface area (Å²) in [7, 11) is 0. The topological polar surface area (TPSA) is 57.2 Å². The fraction of sp³-hybridized carbons (Fsp3) is 0.444. The van der Waals surface area contributed by atoms with E-state index < -0.39 is 0 Å². The second kappa shape index (κ2) is 5.27. The lowest BCUT2D eigenvalue weighted by atomic mass is 9.86. The Hall–Kier alpha value is -2.10. The maximum absolute atomic E-state index is 12.4. The Balaban J connectivity index is 1.49. The van der Waals surface area contributed by atoms with Gasteiger partial charge in [-0.15, -0.1) is 0 Å². The molecule has 0 unspecified atom stereocenters. The summed E-state index contributed by atoms with van der Waals surface area (Å²) in [6.45, 7) is 2.06. The monoisotopic (exact) mass is 295 g/mol. The van der Waals surface area contributed by atoms with Crippen LogP contribution in [-0.4, -0.2) is 16.6 Å². The number of nitrogens with zero attached hydrogens (tertiary/aromatic N) is 1. The first-order valence-electron chi connectivity index (χ1n) is 8.13. The van der Waals surface area contributed by atoms with Crippen molar-refractivity contribution in [1.29, 1.82) is 0 Å². The number of hydrazone groups is 1. The fourth-order valence-corrected chi connectivity index (χ4v) is 4.30. The van der Waals surface area contributed by atoms with Crippen LogP contribution >= 0.6 is 0 Å². The van der Waals surface area contributed by atoms with Gasteiger partial charge in [-0.3, -0.25) is 4.79 Å². The van der Waals surface area contributed by atoms with Gasteiger partial charge in [-0.05, 0) is 44.1 Å². The van der Waals surface area contributed by atoms with Crippen LogP contribution in [0.3, 0.4) is 0 Å². The number of hydrogen-bond acceptors (Lipinski definition) is 2. The minimum absolute atomic E-state index is 0.139. The van der Waals surface area contributed by atoms with Gasteiger partial charge in [0.15, 0.2) is 0 Å². The van der Waals surface area contributed by atoms with Crippen molar-refractivity contribution >= 4 is 22.5 Å². The molecule has 2 bridgehead atoms. The average molecular weight is 295 g/mol. The van der Waals surface area contributed by atoms with Crippen LogP contribution < -0.4 is 5.43 Å². The number of hydrogen-bond donors (Lipinski definition) is 2. The number of aromatic nitrogens is 1. The number of H-pyrrole nitrogens is 1. The summed E-state index contributed by atoms with van der Waals surface area (Å²) in [5.74, 6) is 2.12. The van der Waals surface area contributed by atoms with Gasteiger partial charge >= 0.3 is 0 Å². The van der Waals surface area contributed by atoms with E-state index in [2.05, 4.69) is 22.4 Å². The molecule has 1 amide bonds. The molecule has 22 heavy (non-hydrogen) atoms. The molecule has 1 aromatic heterocycles. The number of nitrogens with one attached hydrogen (secondary N) is 2. The molecule has 2 aromatic rings. The molecule has 0 spiro atoms. The van der Waals surface area contributed by atoms with E-state index in [9.17, 15) is 4.79 Å². The van der Waals surface area contributed by atoms with Crippen LogP contribution in [0.2, 0.25) is 0 Å². The maximum Gasteiger partial charge on any atom is 0.273 e. The summed E-state index contributed by atoms with van der Waals surface area (Å²) >= 11 is 0. The Morgan fingerprint density at radius 2 is 2.14 bits per heavy atom. The molecular formula is C18H21N3O. The van der Waals surface area contributed by atoms with Crippen molar-refractivity contribution in [3.8, 4) is 0 Å². The molecule has 2 saturated carbocycles. The predicted molar refractivity (Wildman–Crippen MR) is 87.8 cm³/mol. The predicted octanol–water partition coefficient (Wildman–Crippen LogP) is 3.71. The molecule has 1 aromatic carbocycles. The van der Waals surface area contributed by atoms with Crippen LogP contribution in [0.25, 0.3) is 10.9 Å². The molecule has 4 rings (SSSR count).